The Balaban J connectivity index is 2.35. The van der Waals surface area contributed by atoms with Gasteiger partial charge in [0, 0.05) is 12.1 Å². The summed E-state index contributed by atoms with van der Waals surface area (Å²) in [7, 11) is 0. The summed E-state index contributed by atoms with van der Waals surface area (Å²) in [5, 5.41) is 3.75. The van der Waals surface area contributed by atoms with Gasteiger partial charge in [0.05, 0.1) is 0 Å². The minimum absolute atomic E-state index is 0.589. The Labute approximate surface area is 89.7 Å². The van der Waals surface area contributed by atoms with Crippen LogP contribution in [0.25, 0.3) is 0 Å². The summed E-state index contributed by atoms with van der Waals surface area (Å²) in [5.74, 6) is 0. The Morgan fingerprint density at radius 1 is 1.29 bits per heavy atom. The van der Waals surface area contributed by atoms with Gasteiger partial charge in [-0.15, -0.1) is 0 Å². The summed E-state index contributed by atoms with van der Waals surface area (Å²) in [4.78, 5) is 0. The normalized spacial score (nSPS) is 29.6. The van der Waals surface area contributed by atoms with Crippen molar-refractivity contribution in [3.8, 4) is 0 Å². The lowest BCUT2D eigenvalue weighted by molar-refractivity contribution is 0.307. The zero-order valence-corrected chi connectivity index (χ0v) is 10.4. The topological polar surface area (TPSA) is 12.0 Å². The molecule has 2 atom stereocenters. The highest BCUT2D eigenvalue weighted by Gasteiger charge is 2.24. The summed E-state index contributed by atoms with van der Waals surface area (Å²) < 4.78 is 0. The highest BCUT2D eigenvalue weighted by molar-refractivity contribution is 4.80. The molecular formula is C13H27N. The molecule has 0 aliphatic heterocycles. The van der Waals surface area contributed by atoms with Gasteiger partial charge in [-0.1, -0.05) is 27.2 Å². The largest absolute Gasteiger partial charge is 0.312 e. The Kier molecular flexibility index (Phi) is 4.43. The maximum atomic E-state index is 3.75. The molecule has 0 bridgehead atoms. The van der Waals surface area contributed by atoms with Crippen molar-refractivity contribution >= 4 is 0 Å². The first-order valence-corrected chi connectivity index (χ1v) is 6.29. The lowest BCUT2D eigenvalue weighted by Gasteiger charge is -2.23. The maximum absolute atomic E-state index is 3.75. The number of rotatable bonds is 3. The SMILES string of the molecule is CCC(C)NC1CCCC(C)(C)CC1. The zero-order chi connectivity index (χ0) is 10.6. The summed E-state index contributed by atoms with van der Waals surface area (Å²) in [6.45, 7) is 9.39. The van der Waals surface area contributed by atoms with E-state index in [4.69, 9.17) is 0 Å². The molecular weight excluding hydrogens is 170 g/mol. The second kappa shape index (κ2) is 5.16. The van der Waals surface area contributed by atoms with E-state index in [2.05, 4.69) is 33.0 Å². The molecule has 0 spiro atoms. The molecule has 0 heterocycles. The Morgan fingerprint density at radius 2 is 2.00 bits per heavy atom. The summed E-state index contributed by atoms with van der Waals surface area (Å²) in [6, 6.07) is 1.48. The van der Waals surface area contributed by atoms with Gasteiger partial charge < -0.3 is 5.32 Å². The molecule has 0 amide bonds. The molecule has 1 rings (SSSR count). The van der Waals surface area contributed by atoms with E-state index < -0.39 is 0 Å². The third kappa shape index (κ3) is 4.00. The molecule has 14 heavy (non-hydrogen) atoms. The van der Waals surface area contributed by atoms with E-state index in [1.165, 1.54) is 38.5 Å². The molecule has 1 fully saturated rings. The smallest absolute Gasteiger partial charge is 0.00697 e. The molecule has 0 aromatic heterocycles. The molecule has 0 saturated heterocycles. The third-order valence-electron chi connectivity index (χ3n) is 3.71. The van der Waals surface area contributed by atoms with Crippen molar-refractivity contribution in [1.82, 2.24) is 5.32 Å². The number of hydrogen-bond acceptors (Lipinski definition) is 1. The van der Waals surface area contributed by atoms with E-state index in [0.717, 1.165) is 6.04 Å². The first-order chi connectivity index (χ1) is 6.53. The van der Waals surface area contributed by atoms with E-state index in [1.54, 1.807) is 0 Å². The third-order valence-corrected chi connectivity index (χ3v) is 3.71. The van der Waals surface area contributed by atoms with Gasteiger partial charge in [-0.25, -0.2) is 0 Å². The van der Waals surface area contributed by atoms with Crippen molar-refractivity contribution in [3.05, 3.63) is 0 Å². The van der Waals surface area contributed by atoms with Crippen LogP contribution >= 0.6 is 0 Å². The van der Waals surface area contributed by atoms with Crippen molar-refractivity contribution in [2.45, 2.75) is 78.3 Å². The highest BCUT2D eigenvalue weighted by atomic mass is 14.9. The van der Waals surface area contributed by atoms with Crippen LogP contribution in [0.5, 0.6) is 0 Å². The van der Waals surface area contributed by atoms with Gasteiger partial charge >= 0.3 is 0 Å². The minimum Gasteiger partial charge on any atom is -0.312 e. The van der Waals surface area contributed by atoms with Crippen LogP contribution in [-0.4, -0.2) is 12.1 Å². The second-order valence-electron chi connectivity index (χ2n) is 5.77. The molecule has 1 heteroatoms. The van der Waals surface area contributed by atoms with Crippen LogP contribution in [0.4, 0.5) is 0 Å². The van der Waals surface area contributed by atoms with Gasteiger partial charge in [0.15, 0.2) is 0 Å². The molecule has 1 nitrogen and oxygen atoms in total. The summed E-state index contributed by atoms with van der Waals surface area (Å²) in [6.07, 6.45) is 8.21. The average molecular weight is 197 g/mol. The highest BCUT2D eigenvalue weighted by Crippen LogP contribution is 2.33. The van der Waals surface area contributed by atoms with Gasteiger partial charge in [-0.2, -0.15) is 0 Å². The molecule has 1 N–H and O–H groups in total. The van der Waals surface area contributed by atoms with Gasteiger partial charge in [-0.3, -0.25) is 0 Å². The summed E-state index contributed by atoms with van der Waals surface area (Å²) in [5.41, 5.74) is 0.589. The van der Waals surface area contributed by atoms with Crippen molar-refractivity contribution in [3.63, 3.8) is 0 Å². The van der Waals surface area contributed by atoms with Crippen LogP contribution in [0, 0.1) is 5.41 Å². The molecule has 0 aromatic carbocycles. The van der Waals surface area contributed by atoms with Crippen molar-refractivity contribution in [1.29, 1.82) is 0 Å². The van der Waals surface area contributed by atoms with Gasteiger partial charge in [-0.05, 0) is 44.4 Å². The Morgan fingerprint density at radius 3 is 2.64 bits per heavy atom. The van der Waals surface area contributed by atoms with Crippen LogP contribution in [-0.2, 0) is 0 Å². The monoisotopic (exact) mass is 197 g/mol. The maximum Gasteiger partial charge on any atom is 0.00697 e. The molecule has 2 unspecified atom stereocenters. The molecule has 0 radical (unpaired) electrons. The van der Waals surface area contributed by atoms with Crippen LogP contribution in [0.1, 0.15) is 66.2 Å². The first-order valence-electron chi connectivity index (χ1n) is 6.29. The fourth-order valence-electron chi connectivity index (χ4n) is 2.35. The van der Waals surface area contributed by atoms with E-state index in [9.17, 15) is 0 Å². The average Bonchev–Trinajstić information content (AvgIpc) is 2.28. The lowest BCUT2D eigenvalue weighted by Crippen LogP contribution is -2.35. The molecule has 1 aliphatic carbocycles. The Hall–Kier alpha value is -0.0400. The molecule has 84 valence electrons. The first kappa shape index (κ1) is 12.0. The van der Waals surface area contributed by atoms with Crippen LogP contribution in [0.2, 0.25) is 0 Å². The van der Waals surface area contributed by atoms with Crippen LogP contribution < -0.4 is 5.32 Å². The molecule has 1 saturated carbocycles. The Bertz CT molecular complexity index is 163. The second-order valence-corrected chi connectivity index (χ2v) is 5.77. The summed E-state index contributed by atoms with van der Waals surface area (Å²) >= 11 is 0. The van der Waals surface area contributed by atoms with E-state index >= 15 is 0 Å². The van der Waals surface area contributed by atoms with Gasteiger partial charge in [0.1, 0.15) is 0 Å². The predicted molar refractivity (Wildman–Crippen MR) is 63.5 cm³/mol. The van der Waals surface area contributed by atoms with Crippen LogP contribution in [0.3, 0.4) is 0 Å². The van der Waals surface area contributed by atoms with Crippen molar-refractivity contribution in [2.24, 2.45) is 5.41 Å². The van der Waals surface area contributed by atoms with Gasteiger partial charge in [0.25, 0.3) is 0 Å². The fourth-order valence-corrected chi connectivity index (χ4v) is 2.35. The molecule has 0 aromatic rings. The quantitative estimate of drug-likeness (QED) is 0.680. The molecule has 1 aliphatic rings. The van der Waals surface area contributed by atoms with E-state index in [-0.39, 0.29) is 0 Å². The predicted octanol–water partition coefficient (Wildman–Crippen LogP) is 3.73. The van der Waals surface area contributed by atoms with Crippen molar-refractivity contribution in [2.75, 3.05) is 0 Å². The minimum atomic E-state index is 0.589. The number of hydrogen-bond donors (Lipinski definition) is 1. The fraction of sp³-hybridized carbons (Fsp3) is 1.00. The van der Waals surface area contributed by atoms with Crippen LogP contribution in [0.15, 0.2) is 0 Å². The lowest BCUT2D eigenvalue weighted by atomic mass is 9.85. The zero-order valence-electron chi connectivity index (χ0n) is 10.4. The number of nitrogens with one attached hydrogen (secondary N) is 1. The van der Waals surface area contributed by atoms with E-state index in [0.29, 0.717) is 11.5 Å². The van der Waals surface area contributed by atoms with E-state index in [1.807, 2.05) is 0 Å². The standard InChI is InChI=1S/C13H27N/c1-5-11(2)14-12-7-6-9-13(3,4)10-8-12/h11-12,14H,5-10H2,1-4H3. The van der Waals surface area contributed by atoms with Gasteiger partial charge in [0.2, 0.25) is 0 Å². The van der Waals surface area contributed by atoms with Crippen molar-refractivity contribution < 1.29 is 0 Å².